The molecule has 86 valence electrons. The number of imidazole rings is 1. The van der Waals surface area contributed by atoms with E-state index in [2.05, 4.69) is 20.3 Å². The van der Waals surface area contributed by atoms with Crippen LogP contribution in [0.25, 0.3) is 22.4 Å². The molecular formula is C12H12N4O. The van der Waals surface area contributed by atoms with Crippen molar-refractivity contribution in [3.8, 4) is 11.3 Å². The monoisotopic (exact) mass is 228 g/mol. The Kier molecular flexibility index (Phi) is 2.11. The van der Waals surface area contributed by atoms with Gasteiger partial charge < -0.3 is 14.7 Å². The van der Waals surface area contributed by atoms with Crippen molar-refractivity contribution in [1.29, 1.82) is 0 Å². The van der Waals surface area contributed by atoms with Gasteiger partial charge in [-0.25, -0.2) is 9.97 Å². The molecule has 2 heterocycles. The Morgan fingerprint density at radius 2 is 2.24 bits per heavy atom. The lowest BCUT2D eigenvalue weighted by Crippen LogP contribution is -1.88. The lowest BCUT2D eigenvalue weighted by molar-refractivity contribution is 0.561. The van der Waals surface area contributed by atoms with Crippen LogP contribution in [0.15, 0.2) is 28.8 Å². The Balaban J connectivity index is 2.10. The van der Waals surface area contributed by atoms with Gasteiger partial charge in [-0.3, -0.25) is 0 Å². The van der Waals surface area contributed by atoms with Crippen molar-refractivity contribution in [3.05, 3.63) is 30.3 Å². The van der Waals surface area contributed by atoms with Crippen LogP contribution in [-0.4, -0.2) is 22.0 Å². The molecule has 3 rings (SSSR count). The summed E-state index contributed by atoms with van der Waals surface area (Å²) in [5.74, 6) is 1.42. The Labute approximate surface area is 97.9 Å². The fraction of sp³-hybridized carbons (Fsp3) is 0.167. The largest absolute Gasteiger partial charge is 0.441 e. The van der Waals surface area contributed by atoms with Crippen LogP contribution in [0.1, 0.15) is 5.89 Å². The number of benzene rings is 1. The highest BCUT2D eigenvalue weighted by Gasteiger charge is 2.06. The van der Waals surface area contributed by atoms with Crippen LogP contribution >= 0.6 is 0 Å². The van der Waals surface area contributed by atoms with Crippen LogP contribution in [0.4, 0.5) is 5.95 Å². The molecule has 0 radical (unpaired) electrons. The molecule has 17 heavy (non-hydrogen) atoms. The smallest absolute Gasteiger partial charge is 0.200 e. The lowest BCUT2D eigenvalue weighted by atomic mass is 10.1. The Hall–Kier alpha value is -2.30. The first kappa shape index (κ1) is 9.89. The molecule has 0 saturated heterocycles. The molecule has 0 spiro atoms. The van der Waals surface area contributed by atoms with Gasteiger partial charge in [0.2, 0.25) is 0 Å². The van der Waals surface area contributed by atoms with E-state index in [4.69, 9.17) is 4.42 Å². The number of hydrogen-bond donors (Lipinski definition) is 2. The highest BCUT2D eigenvalue weighted by atomic mass is 16.3. The van der Waals surface area contributed by atoms with Crippen LogP contribution in [-0.2, 0) is 0 Å². The maximum Gasteiger partial charge on any atom is 0.200 e. The second kappa shape index (κ2) is 3.62. The summed E-state index contributed by atoms with van der Waals surface area (Å²) in [7, 11) is 1.83. The Morgan fingerprint density at radius 1 is 1.35 bits per heavy atom. The Morgan fingerprint density at radius 3 is 3.00 bits per heavy atom. The number of oxazole rings is 1. The average molecular weight is 228 g/mol. The van der Waals surface area contributed by atoms with Gasteiger partial charge in [-0.1, -0.05) is 6.07 Å². The molecule has 0 atom stereocenters. The second-order valence-electron chi connectivity index (χ2n) is 3.81. The molecule has 5 heteroatoms. The molecule has 3 aromatic rings. The van der Waals surface area contributed by atoms with E-state index in [1.165, 1.54) is 0 Å². The number of anilines is 1. The van der Waals surface area contributed by atoms with Crippen molar-refractivity contribution in [2.24, 2.45) is 0 Å². The summed E-state index contributed by atoms with van der Waals surface area (Å²) in [6.07, 6.45) is 1.79. The van der Waals surface area contributed by atoms with E-state index >= 15 is 0 Å². The zero-order valence-electron chi connectivity index (χ0n) is 9.61. The third-order valence-corrected chi connectivity index (χ3v) is 2.62. The van der Waals surface area contributed by atoms with E-state index in [-0.39, 0.29) is 0 Å². The van der Waals surface area contributed by atoms with Crippen molar-refractivity contribution in [3.63, 3.8) is 0 Å². The number of rotatable bonds is 2. The topological polar surface area (TPSA) is 66.7 Å². The van der Waals surface area contributed by atoms with Gasteiger partial charge in [0, 0.05) is 19.5 Å². The number of aromatic amines is 1. The second-order valence-corrected chi connectivity index (χ2v) is 3.81. The number of nitrogens with one attached hydrogen (secondary N) is 2. The molecular weight excluding hydrogens is 216 g/mol. The highest BCUT2D eigenvalue weighted by molar-refractivity contribution is 5.79. The molecule has 0 aliphatic heterocycles. The maximum absolute atomic E-state index is 5.50. The molecule has 0 aliphatic carbocycles. The summed E-state index contributed by atoms with van der Waals surface area (Å²) >= 11 is 0. The fourth-order valence-electron chi connectivity index (χ4n) is 1.80. The molecule has 1 aromatic carbocycles. The van der Waals surface area contributed by atoms with Crippen molar-refractivity contribution >= 4 is 17.0 Å². The average Bonchev–Trinajstić information content (AvgIpc) is 2.92. The van der Waals surface area contributed by atoms with Gasteiger partial charge >= 0.3 is 0 Å². The number of hydrogen-bond acceptors (Lipinski definition) is 4. The summed E-state index contributed by atoms with van der Waals surface area (Å²) in [6.45, 7) is 1.84. The van der Waals surface area contributed by atoms with Crippen molar-refractivity contribution < 1.29 is 4.42 Å². The minimum atomic E-state index is 0.678. The van der Waals surface area contributed by atoms with E-state index < -0.39 is 0 Å². The van der Waals surface area contributed by atoms with E-state index in [0.29, 0.717) is 5.89 Å². The Bertz CT molecular complexity index is 668. The van der Waals surface area contributed by atoms with Gasteiger partial charge in [0.15, 0.2) is 17.4 Å². The summed E-state index contributed by atoms with van der Waals surface area (Å²) in [4.78, 5) is 11.6. The van der Waals surface area contributed by atoms with Crippen molar-refractivity contribution in [2.75, 3.05) is 12.4 Å². The molecule has 0 fully saturated rings. The third kappa shape index (κ3) is 1.65. The van der Waals surface area contributed by atoms with Gasteiger partial charge in [0.1, 0.15) is 5.52 Å². The predicted octanol–water partition coefficient (Wildman–Crippen LogP) is 2.57. The van der Waals surface area contributed by atoms with E-state index in [0.717, 1.165) is 28.3 Å². The zero-order valence-corrected chi connectivity index (χ0v) is 9.61. The molecule has 0 saturated carbocycles. The van der Waals surface area contributed by atoms with Crippen LogP contribution in [0.2, 0.25) is 0 Å². The summed E-state index contributed by atoms with van der Waals surface area (Å²) < 4.78 is 5.50. The van der Waals surface area contributed by atoms with Crippen LogP contribution in [0, 0.1) is 6.92 Å². The van der Waals surface area contributed by atoms with Gasteiger partial charge in [-0.2, -0.15) is 0 Å². The van der Waals surface area contributed by atoms with Gasteiger partial charge in [0.05, 0.1) is 11.9 Å². The lowest BCUT2D eigenvalue weighted by Gasteiger charge is -1.96. The molecule has 0 aliphatic rings. The number of aryl methyl sites for hydroxylation is 1. The minimum absolute atomic E-state index is 0.678. The third-order valence-electron chi connectivity index (χ3n) is 2.62. The summed E-state index contributed by atoms with van der Waals surface area (Å²) in [6, 6.07) is 5.90. The normalized spacial score (nSPS) is 10.9. The number of fused-ring (bicyclic) bond motifs is 1. The molecule has 2 aromatic heterocycles. The van der Waals surface area contributed by atoms with Crippen LogP contribution in [0.5, 0.6) is 0 Å². The quantitative estimate of drug-likeness (QED) is 0.707. The summed E-state index contributed by atoms with van der Waals surface area (Å²) in [5.41, 5.74) is 3.65. The minimum Gasteiger partial charge on any atom is -0.441 e. The van der Waals surface area contributed by atoms with E-state index in [9.17, 15) is 0 Å². The number of aromatic nitrogens is 3. The predicted molar refractivity (Wildman–Crippen MR) is 65.9 cm³/mol. The molecule has 5 nitrogen and oxygen atoms in total. The van der Waals surface area contributed by atoms with E-state index in [1.807, 2.05) is 32.2 Å². The van der Waals surface area contributed by atoms with Crippen molar-refractivity contribution in [1.82, 2.24) is 15.0 Å². The fourth-order valence-corrected chi connectivity index (χ4v) is 1.80. The van der Waals surface area contributed by atoms with Crippen LogP contribution < -0.4 is 5.32 Å². The molecule has 2 N–H and O–H groups in total. The first-order valence-electron chi connectivity index (χ1n) is 5.36. The standard InChI is InChI=1S/C12H12N4O/c1-7-15-9-4-3-8(5-11(9)17-7)10-6-14-12(13-2)16-10/h3-6H,1-2H3,(H2,13,14,16). The van der Waals surface area contributed by atoms with Crippen molar-refractivity contribution in [2.45, 2.75) is 6.92 Å². The van der Waals surface area contributed by atoms with Crippen LogP contribution in [0.3, 0.4) is 0 Å². The van der Waals surface area contributed by atoms with Gasteiger partial charge in [-0.15, -0.1) is 0 Å². The van der Waals surface area contributed by atoms with E-state index in [1.54, 1.807) is 6.20 Å². The SMILES string of the molecule is CNc1ncc(-c2ccc3nc(C)oc3c2)[nH]1. The molecule has 0 amide bonds. The summed E-state index contributed by atoms with van der Waals surface area (Å²) in [5, 5.41) is 2.96. The zero-order chi connectivity index (χ0) is 11.8. The number of H-pyrrole nitrogens is 1. The highest BCUT2D eigenvalue weighted by Crippen LogP contribution is 2.24. The van der Waals surface area contributed by atoms with Gasteiger partial charge in [0.25, 0.3) is 0 Å². The molecule has 0 unspecified atom stereocenters. The molecule has 0 bridgehead atoms. The first-order valence-corrected chi connectivity index (χ1v) is 5.36. The number of nitrogens with zero attached hydrogens (tertiary/aromatic N) is 2. The first-order chi connectivity index (χ1) is 8.26. The van der Waals surface area contributed by atoms with Gasteiger partial charge in [-0.05, 0) is 12.1 Å². The maximum atomic E-state index is 5.50.